The van der Waals surface area contributed by atoms with Crippen molar-refractivity contribution in [2.45, 2.75) is 27.2 Å². The fourth-order valence-corrected chi connectivity index (χ4v) is 2.27. The molecule has 2 rings (SSSR count). The molecule has 0 heterocycles. The number of benzene rings is 2. The van der Waals surface area contributed by atoms with Crippen molar-refractivity contribution in [2.24, 2.45) is 0 Å². The summed E-state index contributed by atoms with van der Waals surface area (Å²) in [6, 6.07) is 12.6. The fraction of sp³-hybridized carbons (Fsp3) is 0.250. The van der Waals surface area contributed by atoms with Gasteiger partial charge in [-0.05, 0) is 55.0 Å². The van der Waals surface area contributed by atoms with Crippen molar-refractivity contribution >= 4 is 13.3 Å². The van der Waals surface area contributed by atoms with Gasteiger partial charge < -0.3 is 0 Å². The Morgan fingerprint density at radius 1 is 0.765 bits per heavy atom. The average molecular weight is 220 g/mol. The molecule has 84 valence electrons. The third kappa shape index (κ3) is 2.44. The van der Waals surface area contributed by atoms with Gasteiger partial charge >= 0.3 is 0 Å². The van der Waals surface area contributed by atoms with Crippen molar-refractivity contribution in [2.75, 3.05) is 0 Å². The third-order valence-corrected chi connectivity index (χ3v) is 3.44. The minimum Gasteiger partial charge on any atom is -0.0929 e. The molecule has 0 bridgehead atoms. The number of aryl methyl sites for hydroxylation is 3. The standard InChI is InChI=1S/C16H17B/c1-11-6-4-7-12(2)14(11)10-15-13(3)8-5-9-16(15)17/h4-9H,10H2,1-3H3. The highest BCUT2D eigenvalue weighted by atomic mass is 14.1. The molecule has 0 aromatic heterocycles. The summed E-state index contributed by atoms with van der Waals surface area (Å²) in [6.45, 7) is 6.45. The molecule has 0 atom stereocenters. The number of hydrogen-bond acceptors (Lipinski definition) is 0. The predicted octanol–water partition coefficient (Wildman–Crippen LogP) is 3.00. The maximum Gasteiger partial charge on any atom is 0.114 e. The van der Waals surface area contributed by atoms with E-state index < -0.39 is 0 Å². The van der Waals surface area contributed by atoms with E-state index in [2.05, 4.69) is 45.0 Å². The molecular weight excluding hydrogens is 203 g/mol. The monoisotopic (exact) mass is 220 g/mol. The van der Waals surface area contributed by atoms with Crippen LogP contribution in [0.15, 0.2) is 36.4 Å². The van der Waals surface area contributed by atoms with Gasteiger partial charge in [-0.15, -0.1) is 0 Å². The molecule has 0 nitrogen and oxygen atoms in total. The second-order valence-corrected chi connectivity index (χ2v) is 4.69. The van der Waals surface area contributed by atoms with E-state index in [1.807, 2.05) is 12.1 Å². The first-order valence-electron chi connectivity index (χ1n) is 5.98. The lowest BCUT2D eigenvalue weighted by Gasteiger charge is -2.14. The van der Waals surface area contributed by atoms with Crippen LogP contribution < -0.4 is 5.46 Å². The summed E-state index contributed by atoms with van der Waals surface area (Å²) in [7, 11) is 6.07. The van der Waals surface area contributed by atoms with Gasteiger partial charge in [0, 0.05) is 0 Å². The van der Waals surface area contributed by atoms with E-state index in [0.717, 1.165) is 11.9 Å². The molecular formula is C16H17B. The van der Waals surface area contributed by atoms with Crippen molar-refractivity contribution < 1.29 is 0 Å². The van der Waals surface area contributed by atoms with Crippen LogP contribution in [0.1, 0.15) is 27.8 Å². The van der Waals surface area contributed by atoms with Crippen LogP contribution in [0, 0.1) is 20.8 Å². The number of rotatable bonds is 2. The zero-order valence-electron chi connectivity index (χ0n) is 10.7. The van der Waals surface area contributed by atoms with Crippen LogP contribution in [-0.2, 0) is 6.42 Å². The third-order valence-electron chi connectivity index (χ3n) is 3.44. The lowest BCUT2D eigenvalue weighted by Crippen LogP contribution is -2.13. The summed E-state index contributed by atoms with van der Waals surface area (Å²) < 4.78 is 0. The van der Waals surface area contributed by atoms with Crippen molar-refractivity contribution in [3.63, 3.8) is 0 Å². The molecule has 0 amide bonds. The van der Waals surface area contributed by atoms with E-state index >= 15 is 0 Å². The van der Waals surface area contributed by atoms with Crippen LogP contribution in [0.2, 0.25) is 0 Å². The van der Waals surface area contributed by atoms with Crippen LogP contribution in [0.4, 0.5) is 0 Å². The van der Waals surface area contributed by atoms with E-state index in [-0.39, 0.29) is 0 Å². The minimum absolute atomic E-state index is 0.896. The Morgan fingerprint density at radius 2 is 1.24 bits per heavy atom. The zero-order chi connectivity index (χ0) is 12.4. The van der Waals surface area contributed by atoms with Crippen LogP contribution >= 0.6 is 0 Å². The average Bonchev–Trinajstić information content (AvgIpc) is 2.27. The van der Waals surface area contributed by atoms with Gasteiger partial charge in [0.15, 0.2) is 0 Å². The maximum absolute atomic E-state index is 6.07. The Kier molecular flexibility index (Phi) is 3.37. The molecule has 1 heteroatoms. The van der Waals surface area contributed by atoms with Gasteiger partial charge in [-0.3, -0.25) is 0 Å². The molecule has 0 spiro atoms. The smallest absolute Gasteiger partial charge is 0.0929 e. The second-order valence-electron chi connectivity index (χ2n) is 4.69. The van der Waals surface area contributed by atoms with Gasteiger partial charge in [0.1, 0.15) is 7.85 Å². The van der Waals surface area contributed by atoms with Crippen molar-refractivity contribution in [3.05, 3.63) is 64.2 Å². The quantitative estimate of drug-likeness (QED) is 0.682. The van der Waals surface area contributed by atoms with Gasteiger partial charge in [-0.25, -0.2) is 0 Å². The summed E-state index contributed by atoms with van der Waals surface area (Å²) in [5.74, 6) is 0. The second kappa shape index (κ2) is 4.79. The van der Waals surface area contributed by atoms with Crippen molar-refractivity contribution in [1.29, 1.82) is 0 Å². The molecule has 0 fully saturated rings. The lowest BCUT2D eigenvalue weighted by molar-refractivity contribution is 1.11. The highest BCUT2D eigenvalue weighted by Crippen LogP contribution is 2.18. The van der Waals surface area contributed by atoms with Crippen LogP contribution in [0.5, 0.6) is 0 Å². The molecule has 0 unspecified atom stereocenters. The Labute approximate surface area is 105 Å². The van der Waals surface area contributed by atoms with Gasteiger partial charge in [0.25, 0.3) is 0 Å². The molecule has 17 heavy (non-hydrogen) atoms. The van der Waals surface area contributed by atoms with Gasteiger partial charge in [0.2, 0.25) is 0 Å². The summed E-state index contributed by atoms with van der Waals surface area (Å²) >= 11 is 0. The Hall–Kier alpha value is -1.50. The van der Waals surface area contributed by atoms with Crippen molar-refractivity contribution in [1.82, 2.24) is 0 Å². The van der Waals surface area contributed by atoms with Crippen LogP contribution in [0.3, 0.4) is 0 Å². The van der Waals surface area contributed by atoms with Crippen LogP contribution in [-0.4, -0.2) is 7.85 Å². The van der Waals surface area contributed by atoms with Gasteiger partial charge in [0.05, 0.1) is 0 Å². The zero-order valence-corrected chi connectivity index (χ0v) is 10.7. The largest absolute Gasteiger partial charge is 0.114 e. The van der Waals surface area contributed by atoms with Crippen LogP contribution in [0.25, 0.3) is 0 Å². The molecule has 0 N–H and O–H groups in total. The minimum atomic E-state index is 0.896. The summed E-state index contributed by atoms with van der Waals surface area (Å²) in [5, 5.41) is 0. The van der Waals surface area contributed by atoms with E-state index in [4.69, 9.17) is 7.85 Å². The fourth-order valence-electron chi connectivity index (χ4n) is 2.27. The predicted molar refractivity (Wildman–Crippen MR) is 75.3 cm³/mol. The van der Waals surface area contributed by atoms with E-state index in [0.29, 0.717) is 0 Å². The summed E-state index contributed by atoms with van der Waals surface area (Å²) in [5.41, 5.74) is 7.50. The highest BCUT2D eigenvalue weighted by Gasteiger charge is 2.07. The molecule has 0 aliphatic carbocycles. The molecule has 0 aliphatic rings. The molecule has 0 saturated carbocycles. The summed E-state index contributed by atoms with van der Waals surface area (Å²) in [6.07, 6.45) is 0.928. The topological polar surface area (TPSA) is 0 Å². The van der Waals surface area contributed by atoms with Gasteiger partial charge in [-0.2, -0.15) is 0 Å². The molecule has 2 aromatic carbocycles. The Balaban J connectivity index is 2.45. The normalized spacial score (nSPS) is 10.5. The highest BCUT2D eigenvalue weighted by molar-refractivity contribution is 6.33. The SMILES string of the molecule is [B]c1cccc(C)c1Cc1c(C)cccc1C. The first-order chi connectivity index (χ1) is 8.09. The molecule has 2 radical (unpaired) electrons. The number of hydrogen-bond donors (Lipinski definition) is 0. The Bertz CT molecular complexity index is 451. The lowest BCUT2D eigenvalue weighted by atomic mass is 9.83. The summed E-state index contributed by atoms with van der Waals surface area (Å²) in [4.78, 5) is 0. The molecule has 2 aromatic rings. The van der Waals surface area contributed by atoms with Crippen molar-refractivity contribution in [3.8, 4) is 0 Å². The van der Waals surface area contributed by atoms with E-state index in [1.54, 1.807) is 0 Å². The first kappa shape index (κ1) is 12.0. The molecule has 0 saturated heterocycles. The molecule has 0 aliphatic heterocycles. The Morgan fingerprint density at radius 3 is 1.76 bits per heavy atom. The van der Waals surface area contributed by atoms with E-state index in [1.165, 1.54) is 27.8 Å². The van der Waals surface area contributed by atoms with Gasteiger partial charge in [-0.1, -0.05) is 41.9 Å². The maximum atomic E-state index is 6.07. The first-order valence-corrected chi connectivity index (χ1v) is 5.98. The van der Waals surface area contributed by atoms with E-state index in [9.17, 15) is 0 Å².